The van der Waals surface area contributed by atoms with Crippen molar-refractivity contribution in [3.63, 3.8) is 0 Å². The Hall–Kier alpha value is -0.580. The van der Waals surface area contributed by atoms with Crippen LogP contribution in [0, 0.1) is 6.92 Å². The van der Waals surface area contributed by atoms with E-state index in [4.69, 9.17) is 22.1 Å². The summed E-state index contributed by atoms with van der Waals surface area (Å²) in [6, 6.07) is -0.0228. The summed E-state index contributed by atoms with van der Waals surface area (Å²) in [5.41, 5.74) is 7.88. The van der Waals surface area contributed by atoms with Gasteiger partial charge in [0.25, 0.3) is 0 Å². The molecule has 0 aliphatic rings. The number of halogens is 1. The maximum atomic E-state index is 6.10. The predicted octanol–water partition coefficient (Wildman–Crippen LogP) is 1.29. The van der Waals surface area contributed by atoms with Crippen LogP contribution in [0.2, 0.25) is 5.15 Å². The molecule has 0 spiro atoms. The highest BCUT2D eigenvalue weighted by Gasteiger charge is 2.14. The third kappa shape index (κ3) is 3.19. The zero-order chi connectivity index (χ0) is 11.4. The van der Waals surface area contributed by atoms with Gasteiger partial charge in [-0.1, -0.05) is 11.6 Å². The molecule has 1 aromatic heterocycles. The van der Waals surface area contributed by atoms with Crippen LogP contribution in [0.4, 0.5) is 0 Å². The Labute approximate surface area is 95.3 Å². The van der Waals surface area contributed by atoms with Crippen LogP contribution in [-0.4, -0.2) is 29.0 Å². The minimum atomic E-state index is -0.0228. The maximum absolute atomic E-state index is 6.10. The van der Waals surface area contributed by atoms with Gasteiger partial charge in [0.15, 0.2) is 0 Å². The largest absolute Gasteiger partial charge is 0.380 e. The maximum Gasteiger partial charge on any atom is 0.130 e. The van der Waals surface area contributed by atoms with E-state index in [0.717, 1.165) is 11.3 Å². The Morgan fingerprint density at radius 3 is 2.73 bits per heavy atom. The lowest BCUT2D eigenvalue weighted by Crippen LogP contribution is -2.28. The first-order valence-electron chi connectivity index (χ1n) is 5.07. The molecule has 0 amide bonds. The van der Waals surface area contributed by atoms with E-state index in [1.807, 2.05) is 20.9 Å². The van der Waals surface area contributed by atoms with Gasteiger partial charge in [-0.2, -0.15) is 5.10 Å². The van der Waals surface area contributed by atoms with Gasteiger partial charge in [-0.3, -0.25) is 4.68 Å². The Bertz CT molecular complexity index is 325. The lowest BCUT2D eigenvalue weighted by molar-refractivity contribution is 0.133. The van der Waals surface area contributed by atoms with Crippen LogP contribution in [0.3, 0.4) is 0 Å². The molecule has 0 aromatic carbocycles. The third-order valence-corrected chi connectivity index (χ3v) is 2.74. The highest BCUT2D eigenvalue weighted by molar-refractivity contribution is 6.30. The fourth-order valence-corrected chi connectivity index (χ4v) is 1.75. The van der Waals surface area contributed by atoms with Crippen molar-refractivity contribution in [2.45, 2.75) is 26.3 Å². The number of hydrogen-bond donors (Lipinski definition) is 1. The molecule has 4 nitrogen and oxygen atoms in total. The normalized spacial score (nSPS) is 13.1. The van der Waals surface area contributed by atoms with Crippen molar-refractivity contribution in [3.05, 3.63) is 16.4 Å². The minimum absolute atomic E-state index is 0.0228. The third-order valence-electron chi connectivity index (χ3n) is 2.27. The number of aromatic nitrogens is 2. The van der Waals surface area contributed by atoms with E-state index in [1.165, 1.54) is 0 Å². The van der Waals surface area contributed by atoms with Crippen molar-refractivity contribution in [1.29, 1.82) is 0 Å². The molecule has 0 saturated carbocycles. The first-order valence-corrected chi connectivity index (χ1v) is 5.45. The SMILES string of the molecule is CCOCC(N)Cc1c(C)nn(C)c1Cl. The average Bonchev–Trinajstić information content (AvgIpc) is 2.42. The summed E-state index contributed by atoms with van der Waals surface area (Å²) in [6.45, 7) is 5.14. The van der Waals surface area contributed by atoms with Crippen molar-refractivity contribution in [1.82, 2.24) is 9.78 Å². The minimum Gasteiger partial charge on any atom is -0.380 e. The smallest absolute Gasteiger partial charge is 0.130 e. The molecule has 1 heterocycles. The molecular weight excluding hydrogens is 214 g/mol. The first-order chi connectivity index (χ1) is 7.06. The molecule has 0 aliphatic heterocycles. The molecule has 1 aromatic rings. The molecule has 1 atom stereocenters. The van der Waals surface area contributed by atoms with Gasteiger partial charge in [0.2, 0.25) is 0 Å². The monoisotopic (exact) mass is 231 g/mol. The topological polar surface area (TPSA) is 53.1 Å². The van der Waals surface area contributed by atoms with Crippen LogP contribution in [-0.2, 0) is 18.2 Å². The van der Waals surface area contributed by atoms with Crippen LogP contribution < -0.4 is 5.73 Å². The van der Waals surface area contributed by atoms with Gasteiger partial charge >= 0.3 is 0 Å². The van der Waals surface area contributed by atoms with Crippen molar-refractivity contribution in [3.8, 4) is 0 Å². The van der Waals surface area contributed by atoms with E-state index >= 15 is 0 Å². The zero-order valence-electron chi connectivity index (χ0n) is 9.46. The molecule has 1 unspecified atom stereocenters. The molecule has 2 N–H and O–H groups in total. The summed E-state index contributed by atoms with van der Waals surface area (Å²) in [5.74, 6) is 0. The van der Waals surface area contributed by atoms with Gasteiger partial charge in [-0.25, -0.2) is 0 Å². The summed E-state index contributed by atoms with van der Waals surface area (Å²) in [6.07, 6.45) is 0.707. The second kappa shape index (κ2) is 5.49. The molecule has 0 saturated heterocycles. The molecule has 15 heavy (non-hydrogen) atoms. The molecule has 1 rings (SSSR count). The van der Waals surface area contributed by atoms with Crippen molar-refractivity contribution < 1.29 is 4.74 Å². The molecule has 0 fully saturated rings. The molecule has 5 heteroatoms. The predicted molar refractivity (Wildman–Crippen MR) is 61.1 cm³/mol. The number of aryl methyl sites for hydroxylation is 2. The lowest BCUT2D eigenvalue weighted by Gasteiger charge is -2.10. The molecule has 0 bridgehead atoms. The number of nitrogens with two attached hydrogens (primary N) is 1. The summed E-state index contributed by atoms with van der Waals surface area (Å²) >= 11 is 6.10. The summed E-state index contributed by atoms with van der Waals surface area (Å²) in [7, 11) is 1.83. The summed E-state index contributed by atoms with van der Waals surface area (Å²) in [4.78, 5) is 0. The van der Waals surface area contributed by atoms with Gasteiger partial charge < -0.3 is 10.5 Å². The second-order valence-corrected chi connectivity index (χ2v) is 3.96. The number of rotatable bonds is 5. The zero-order valence-corrected chi connectivity index (χ0v) is 10.2. The number of nitrogens with zero attached hydrogens (tertiary/aromatic N) is 2. The van der Waals surface area contributed by atoms with E-state index in [1.54, 1.807) is 4.68 Å². The van der Waals surface area contributed by atoms with E-state index < -0.39 is 0 Å². The molecule has 0 radical (unpaired) electrons. The number of ether oxygens (including phenoxy) is 1. The van der Waals surface area contributed by atoms with Crippen molar-refractivity contribution in [2.24, 2.45) is 12.8 Å². The lowest BCUT2D eigenvalue weighted by atomic mass is 10.1. The standard InChI is InChI=1S/C10H18ClN3O/c1-4-15-6-8(12)5-9-7(2)13-14(3)10(9)11/h8H,4-6,12H2,1-3H3. The van der Waals surface area contributed by atoms with Crippen molar-refractivity contribution in [2.75, 3.05) is 13.2 Å². The van der Waals surface area contributed by atoms with Crippen LogP contribution in [0.5, 0.6) is 0 Å². The van der Waals surface area contributed by atoms with Gasteiger partial charge in [-0.15, -0.1) is 0 Å². The summed E-state index contributed by atoms with van der Waals surface area (Å²) < 4.78 is 6.93. The van der Waals surface area contributed by atoms with E-state index in [2.05, 4.69) is 5.10 Å². The Kier molecular flexibility index (Phi) is 4.57. The second-order valence-electron chi connectivity index (χ2n) is 3.60. The number of hydrogen-bond acceptors (Lipinski definition) is 3. The fourth-order valence-electron chi connectivity index (χ4n) is 1.50. The van der Waals surface area contributed by atoms with Gasteiger partial charge in [-0.05, 0) is 20.3 Å². The Balaban J connectivity index is 2.63. The first kappa shape index (κ1) is 12.5. The fraction of sp³-hybridized carbons (Fsp3) is 0.700. The average molecular weight is 232 g/mol. The highest BCUT2D eigenvalue weighted by Crippen LogP contribution is 2.19. The molecular formula is C10H18ClN3O. The van der Waals surface area contributed by atoms with Gasteiger partial charge in [0.05, 0.1) is 12.3 Å². The van der Waals surface area contributed by atoms with E-state index in [0.29, 0.717) is 24.8 Å². The van der Waals surface area contributed by atoms with Gasteiger partial charge in [0, 0.05) is 25.3 Å². The summed E-state index contributed by atoms with van der Waals surface area (Å²) in [5, 5.41) is 4.90. The van der Waals surface area contributed by atoms with E-state index in [-0.39, 0.29) is 6.04 Å². The Morgan fingerprint density at radius 2 is 2.27 bits per heavy atom. The highest BCUT2D eigenvalue weighted by atomic mass is 35.5. The van der Waals surface area contributed by atoms with Crippen LogP contribution in [0.1, 0.15) is 18.2 Å². The molecule has 0 aliphatic carbocycles. The van der Waals surface area contributed by atoms with Crippen LogP contribution in [0.15, 0.2) is 0 Å². The van der Waals surface area contributed by atoms with E-state index in [9.17, 15) is 0 Å². The van der Waals surface area contributed by atoms with Crippen LogP contribution in [0.25, 0.3) is 0 Å². The van der Waals surface area contributed by atoms with Crippen LogP contribution >= 0.6 is 11.6 Å². The molecule has 86 valence electrons. The van der Waals surface area contributed by atoms with Gasteiger partial charge in [0.1, 0.15) is 5.15 Å². The van der Waals surface area contributed by atoms with Crippen molar-refractivity contribution >= 4 is 11.6 Å². The quantitative estimate of drug-likeness (QED) is 0.831. The Morgan fingerprint density at radius 1 is 1.60 bits per heavy atom.